The van der Waals surface area contributed by atoms with Gasteiger partial charge in [-0.3, -0.25) is 4.79 Å². The van der Waals surface area contributed by atoms with Crippen molar-refractivity contribution >= 4 is 47.8 Å². The number of esters is 1. The van der Waals surface area contributed by atoms with E-state index in [4.69, 9.17) is 4.74 Å². The molecule has 0 bridgehead atoms. The zero-order valence-electron chi connectivity index (χ0n) is 17.8. The first-order valence-corrected chi connectivity index (χ1v) is 13.8. The lowest BCUT2D eigenvalue weighted by molar-refractivity contribution is 0.0524. The summed E-state index contributed by atoms with van der Waals surface area (Å²) in [5, 5.41) is 0.0880. The van der Waals surface area contributed by atoms with Crippen LogP contribution < -0.4 is 5.43 Å². The molecule has 1 N–H and O–H groups in total. The smallest absolute Gasteiger partial charge is 0.343 e. The molecule has 0 saturated heterocycles. The summed E-state index contributed by atoms with van der Waals surface area (Å²) < 4.78 is 21.4. The molecular formula is C21H29FINO4Si. The Hall–Kier alpha value is -1.26. The summed E-state index contributed by atoms with van der Waals surface area (Å²) in [6.07, 6.45) is 2.95. The number of benzene rings is 1. The molecule has 8 heteroatoms. The molecule has 1 atom stereocenters. The number of ether oxygens (including phenoxy) is 1. The van der Waals surface area contributed by atoms with Gasteiger partial charge in [0.05, 0.1) is 12.1 Å². The number of aromatic nitrogens is 1. The number of hydrogen-bond acceptors (Lipinski definition) is 4. The monoisotopic (exact) mass is 533 g/mol. The van der Waals surface area contributed by atoms with Gasteiger partial charge in [0.15, 0.2) is 8.32 Å². The lowest BCUT2D eigenvalue weighted by Gasteiger charge is -2.36. The van der Waals surface area contributed by atoms with E-state index in [1.807, 2.05) is 42.6 Å². The van der Waals surface area contributed by atoms with E-state index < -0.39 is 25.5 Å². The molecule has 1 aromatic heterocycles. The second kappa shape index (κ2) is 8.85. The highest BCUT2D eigenvalue weighted by atomic mass is 127. The van der Waals surface area contributed by atoms with Crippen LogP contribution in [-0.2, 0) is 4.74 Å². The molecule has 0 saturated carbocycles. The highest BCUT2D eigenvalue weighted by molar-refractivity contribution is 14.1. The summed E-state index contributed by atoms with van der Waals surface area (Å²) in [6.45, 7) is 11.8. The summed E-state index contributed by atoms with van der Waals surface area (Å²) in [5.41, 5.74) is -0.0550. The van der Waals surface area contributed by atoms with Gasteiger partial charge in [0.1, 0.15) is 11.4 Å². The van der Waals surface area contributed by atoms with Gasteiger partial charge in [-0.2, -0.15) is 0 Å². The van der Waals surface area contributed by atoms with Crippen molar-refractivity contribution in [2.45, 2.75) is 64.7 Å². The molecule has 29 heavy (non-hydrogen) atoms. The Labute approximate surface area is 185 Å². The average Bonchev–Trinajstić information content (AvgIpc) is 2.61. The van der Waals surface area contributed by atoms with Crippen molar-refractivity contribution in [2.24, 2.45) is 0 Å². The van der Waals surface area contributed by atoms with Crippen molar-refractivity contribution in [3.63, 3.8) is 0 Å². The molecule has 0 amide bonds. The zero-order chi connectivity index (χ0) is 22.1. The predicted molar refractivity (Wildman–Crippen MR) is 125 cm³/mol. The first-order chi connectivity index (χ1) is 13.3. The molecule has 0 aliphatic heterocycles. The molecule has 160 valence electrons. The van der Waals surface area contributed by atoms with Crippen LogP contribution in [0, 0.1) is 9.39 Å². The summed E-state index contributed by atoms with van der Waals surface area (Å²) >= 11 is 1.84. The molecule has 1 unspecified atom stereocenters. The van der Waals surface area contributed by atoms with Gasteiger partial charge in [-0.1, -0.05) is 13.8 Å². The van der Waals surface area contributed by atoms with E-state index in [1.54, 1.807) is 11.5 Å². The highest BCUT2D eigenvalue weighted by Crippen LogP contribution is 2.41. The van der Waals surface area contributed by atoms with E-state index >= 15 is 0 Å². The topological polar surface area (TPSA) is 68.5 Å². The molecule has 0 spiro atoms. The van der Waals surface area contributed by atoms with Crippen LogP contribution in [0.15, 0.2) is 23.1 Å². The van der Waals surface area contributed by atoms with E-state index in [-0.39, 0.29) is 23.3 Å². The van der Waals surface area contributed by atoms with Gasteiger partial charge in [0, 0.05) is 21.2 Å². The fraction of sp³-hybridized carbons (Fsp3) is 0.524. The van der Waals surface area contributed by atoms with Crippen molar-refractivity contribution < 1.29 is 18.7 Å². The van der Waals surface area contributed by atoms with Crippen molar-refractivity contribution in [3.05, 3.63) is 43.5 Å². The summed E-state index contributed by atoms with van der Waals surface area (Å²) in [6, 6.07) is 2.72. The third kappa shape index (κ3) is 5.08. The number of fused-ring (bicyclic) bond motifs is 1. The number of carbonyl (C=O) groups excluding carboxylic acids is 1. The minimum absolute atomic E-state index is 0.0512. The number of nitrogens with zero attached hydrogens (tertiary/aromatic N) is 1. The van der Waals surface area contributed by atoms with E-state index in [0.717, 1.165) is 6.42 Å². The first-order valence-electron chi connectivity index (χ1n) is 9.73. The van der Waals surface area contributed by atoms with Crippen LogP contribution in [0.25, 0.3) is 10.9 Å². The van der Waals surface area contributed by atoms with Crippen molar-refractivity contribution in [3.8, 4) is 0 Å². The Bertz CT molecular complexity index is 981. The maximum absolute atomic E-state index is 14.3. The third-order valence-electron chi connectivity index (χ3n) is 5.89. The average molecular weight is 533 g/mol. The van der Waals surface area contributed by atoms with Crippen LogP contribution >= 0.6 is 22.6 Å². The lowest BCUT2D eigenvalue weighted by Crippen LogP contribution is -2.39. The van der Waals surface area contributed by atoms with Crippen molar-refractivity contribution in [2.75, 3.05) is 6.61 Å². The quantitative estimate of drug-likeness (QED) is 0.300. The van der Waals surface area contributed by atoms with Gasteiger partial charge in [-0.15, -0.1) is 0 Å². The van der Waals surface area contributed by atoms with Crippen LogP contribution in [-0.4, -0.2) is 30.3 Å². The summed E-state index contributed by atoms with van der Waals surface area (Å²) in [4.78, 5) is 35.8. The molecule has 1 heterocycles. The zero-order valence-corrected chi connectivity index (χ0v) is 21.0. The third-order valence-corrected chi connectivity index (χ3v) is 10.3. The minimum Gasteiger partial charge on any atom is -0.462 e. The van der Waals surface area contributed by atoms with Crippen LogP contribution in [0.5, 0.6) is 0 Å². The molecule has 2 aromatic rings. The largest absolute Gasteiger partial charge is 0.462 e. The minimum atomic E-state index is -2.37. The maximum Gasteiger partial charge on any atom is 0.343 e. The predicted octanol–water partition coefficient (Wildman–Crippen LogP) is 5.24. The van der Waals surface area contributed by atoms with E-state index in [1.165, 1.54) is 18.3 Å². The highest BCUT2D eigenvalue weighted by Gasteiger charge is 2.37. The molecule has 0 aliphatic rings. The van der Waals surface area contributed by atoms with Gasteiger partial charge >= 0.3 is 5.97 Å². The lowest BCUT2D eigenvalue weighted by atomic mass is 10.0. The van der Waals surface area contributed by atoms with Gasteiger partial charge in [-0.05, 0) is 79.5 Å². The summed E-state index contributed by atoms with van der Waals surface area (Å²) in [7, 11) is -2.37. The number of pyridine rings is 1. The Kier molecular flexibility index (Phi) is 7.33. The molecule has 0 radical (unpaired) electrons. The SMILES string of the molecule is CCOC(=O)c1cn(C(C)CCC(C)(C)[Si](C)(C)O)c2cc(F)c(I)cc2c1=O. The van der Waals surface area contributed by atoms with Crippen LogP contribution in [0.3, 0.4) is 0 Å². The Morgan fingerprint density at radius 1 is 1.38 bits per heavy atom. The van der Waals surface area contributed by atoms with Gasteiger partial charge in [0.25, 0.3) is 0 Å². The van der Waals surface area contributed by atoms with Crippen LogP contribution in [0.4, 0.5) is 4.39 Å². The second-order valence-electron chi connectivity index (χ2n) is 8.61. The van der Waals surface area contributed by atoms with E-state index in [0.29, 0.717) is 20.9 Å². The normalized spacial score (nSPS) is 13.6. The molecule has 2 rings (SSSR count). The van der Waals surface area contributed by atoms with Crippen LogP contribution in [0.2, 0.25) is 18.1 Å². The fourth-order valence-corrected chi connectivity index (χ4v) is 4.30. The molecule has 0 fully saturated rings. The molecule has 0 aliphatic carbocycles. The van der Waals surface area contributed by atoms with E-state index in [9.17, 15) is 18.8 Å². The number of rotatable bonds is 7. The van der Waals surface area contributed by atoms with Gasteiger partial charge in [0.2, 0.25) is 5.43 Å². The molecular weight excluding hydrogens is 504 g/mol. The van der Waals surface area contributed by atoms with Gasteiger partial charge < -0.3 is 14.1 Å². The number of carbonyl (C=O) groups is 1. The second-order valence-corrected chi connectivity index (χ2v) is 14.2. The van der Waals surface area contributed by atoms with Crippen molar-refractivity contribution in [1.29, 1.82) is 0 Å². The molecule has 1 aromatic carbocycles. The van der Waals surface area contributed by atoms with Gasteiger partial charge in [-0.25, -0.2) is 9.18 Å². The maximum atomic E-state index is 14.3. The summed E-state index contributed by atoms with van der Waals surface area (Å²) in [5.74, 6) is -1.09. The number of hydrogen-bond donors (Lipinski definition) is 1. The fourth-order valence-electron chi connectivity index (χ4n) is 3.08. The van der Waals surface area contributed by atoms with Crippen molar-refractivity contribution in [1.82, 2.24) is 4.57 Å². The van der Waals surface area contributed by atoms with Crippen LogP contribution in [0.1, 0.15) is 56.9 Å². The Morgan fingerprint density at radius 2 is 2.00 bits per heavy atom. The standard InChI is InChI=1S/C21H29FINO4Si/c1-7-28-20(26)15-12-24(13(2)8-9-21(3,4)29(5,6)27)18-11-16(22)17(23)10-14(18)19(15)25/h10-13,27H,7-9H2,1-6H3. The number of halogens is 2. The Morgan fingerprint density at radius 3 is 2.55 bits per heavy atom. The first kappa shape index (κ1) is 24.0. The Balaban J connectivity index is 2.58. The van der Waals surface area contributed by atoms with E-state index in [2.05, 4.69) is 13.8 Å². The molecule has 5 nitrogen and oxygen atoms in total.